The quantitative estimate of drug-likeness (QED) is 0.838. The molecule has 1 atom stereocenters. The summed E-state index contributed by atoms with van der Waals surface area (Å²) in [6.07, 6.45) is 3.37. The molecule has 2 aromatic carbocycles. The van der Waals surface area contributed by atoms with E-state index in [-0.39, 0.29) is 22.9 Å². The van der Waals surface area contributed by atoms with Crippen LogP contribution in [0.15, 0.2) is 48.2 Å². The molecule has 1 fully saturated rings. The van der Waals surface area contributed by atoms with Crippen molar-refractivity contribution < 1.29 is 14.0 Å². The number of carbonyl (C=O) groups is 2. The van der Waals surface area contributed by atoms with Crippen LogP contribution >= 0.6 is 0 Å². The zero-order valence-corrected chi connectivity index (χ0v) is 15.6. The monoisotopic (exact) mass is 366 g/mol. The second kappa shape index (κ2) is 5.91. The standard InChI is InChI=1S/C22H23FN2O2/c1-21(2)12-22(11-18(24)19(21)26)7-8-25(13-22)20(27)16-4-3-15-10-17(23)6-5-14(15)9-16/h3-6,9-11H,7-8,12-13,24H2,1-2H3/t22-/m0/s1. The Morgan fingerprint density at radius 2 is 1.85 bits per heavy atom. The van der Waals surface area contributed by atoms with Gasteiger partial charge in [0.1, 0.15) is 5.82 Å². The van der Waals surface area contributed by atoms with Gasteiger partial charge in [0.15, 0.2) is 5.78 Å². The summed E-state index contributed by atoms with van der Waals surface area (Å²) in [6, 6.07) is 9.87. The zero-order valence-electron chi connectivity index (χ0n) is 15.6. The Kier molecular flexibility index (Phi) is 3.88. The molecular weight excluding hydrogens is 343 g/mol. The predicted octanol–water partition coefficient (Wildman–Crippen LogP) is 3.65. The second-order valence-corrected chi connectivity index (χ2v) is 8.53. The number of hydrogen-bond donors (Lipinski definition) is 1. The van der Waals surface area contributed by atoms with Crippen LogP contribution < -0.4 is 5.73 Å². The maximum absolute atomic E-state index is 13.4. The normalized spacial score (nSPS) is 24.5. The van der Waals surface area contributed by atoms with E-state index in [2.05, 4.69) is 0 Å². The van der Waals surface area contributed by atoms with Gasteiger partial charge in [0, 0.05) is 29.5 Å². The molecule has 5 heteroatoms. The average Bonchev–Trinajstić information content (AvgIpc) is 3.01. The van der Waals surface area contributed by atoms with Crippen molar-refractivity contribution in [3.05, 3.63) is 59.6 Å². The molecule has 2 aromatic rings. The minimum Gasteiger partial charge on any atom is -0.396 e. The molecule has 140 valence electrons. The number of ketones is 1. The minimum absolute atomic E-state index is 0.0142. The van der Waals surface area contributed by atoms with Gasteiger partial charge in [-0.15, -0.1) is 0 Å². The molecule has 1 aliphatic heterocycles. The zero-order chi connectivity index (χ0) is 19.4. The van der Waals surface area contributed by atoms with Gasteiger partial charge in [0.05, 0.1) is 5.70 Å². The van der Waals surface area contributed by atoms with E-state index in [0.29, 0.717) is 30.8 Å². The fraction of sp³-hybridized carbons (Fsp3) is 0.364. The van der Waals surface area contributed by atoms with Gasteiger partial charge >= 0.3 is 0 Å². The molecule has 1 aliphatic carbocycles. The summed E-state index contributed by atoms with van der Waals surface area (Å²) in [6.45, 7) is 5.03. The lowest BCUT2D eigenvalue weighted by Gasteiger charge is -2.39. The van der Waals surface area contributed by atoms with Crippen LogP contribution in [0.4, 0.5) is 4.39 Å². The summed E-state index contributed by atoms with van der Waals surface area (Å²) in [5.41, 5.74) is 6.15. The van der Waals surface area contributed by atoms with Gasteiger partial charge in [0.25, 0.3) is 5.91 Å². The van der Waals surface area contributed by atoms with E-state index in [9.17, 15) is 14.0 Å². The minimum atomic E-state index is -0.509. The van der Waals surface area contributed by atoms with E-state index in [4.69, 9.17) is 5.73 Å². The van der Waals surface area contributed by atoms with Crippen LogP contribution in [-0.4, -0.2) is 29.7 Å². The average molecular weight is 366 g/mol. The Hall–Kier alpha value is -2.69. The van der Waals surface area contributed by atoms with E-state index in [0.717, 1.165) is 17.2 Å². The number of nitrogens with two attached hydrogens (primary N) is 1. The summed E-state index contributed by atoms with van der Waals surface area (Å²) in [5, 5.41) is 1.61. The lowest BCUT2D eigenvalue weighted by molar-refractivity contribution is -0.125. The highest BCUT2D eigenvalue weighted by atomic mass is 19.1. The predicted molar refractivity (Wildman–Crippen MR) is 103 cm³/mol. The summed E-state index contributed by atoms with van der Waals surface area (Å²) < 4.78 is 13.4. The topological polar surface area (TPSA) is 63.4 Å². The van der Waals surface area contributed by atoms with E-state index in [1.54, 1.807) is 24.3 Å². The number of nitrogens with zero attached hydrogens (tertiary/aromatic N) is 1. The van der Waals surface area contributed by atoms with Gasteiger partial charge in [0.2, 0.25) is 0 Å². The maximum Gasteiger partial charge on any atom is 0.253 e. The number of likely N-dealkylation sites (tertiary alicyclic amines) is 1. The Labute approximate surface area is 157 Å². The highest BCUT2D eigenvalue weighted by Crippen LogP contribution is 2.47. The lowest BCUT2D eigenvalue weighted by atomic mass is 9.65. The molecule has 0 bridgehead atoms. The number of allylic oxidation sites excluding steroid dienone is 1. The van der Waals surface area contributed by atoms with Crippen LogP contribution in [0.2, 0.25) is 0 Å². The second-order valence-electron chi connectivity index (χ2n) is 8.53. The van der Waals surface area contributed by atoms with E-state index in [1.165, 1.54) is 12.1 Å². The summed E-state index contributed by atoms with van der Waals surface area (Å²) in [7, 11) is 0. The number of hydrogen-bond acceptors (Lipinski definition) is 3. The van der Waals surface area contributed by atoms with Crippen LogP contribution in [0.25, 0.3) is 10.8 Å². The highest BCUT2D eigenvalue weighted by molar-refractivity contribution is 6.00. The molecule has 1 heterocycles. The van der Waals surface area contributed by atoms with Gasteiger partial charge in [-0.3, -0.25) is 9.59 Å². The third-order valence-corrected chi connectivity index (χ3v) is 5.85. The molecule has 0 aromatic heterocycles. The Balaban J connectivity index is 1.60. The Morgan fingerprint density at radius 3 is 2.59 bits per heavy atom. The molecule has 1 amide bonds. The molecular formula is C22H23FN2O2. The van der Waals surface area contributed by atoms with E-state index in [1.807, 2.05) is 24.8 Å². The summed E-state index contributed by atoms with van der Waals surface area (Å²) in [5.74, 6) is -0.346. The fourth-order valence-electron chi connectivity index (χ4n) is 4.66. The fourth-order valence-corrected chi connectivity index (χ4v) is 4.66. The van der Waals surface area contributed by atoms with Crippen molar-refractivity contribution in [1.82, 2.24) is 4.90 Å². The van der Waals surface area contributed by atoms with E-state index >= 15 is 0 Å². The van der Waals surface area contributed by atoms with Crippen LogP contribution in [0.1, 0.15) is 37.0 Å². The lowest BCUT2D eigenvalue weighted by Crippen LogP contribution is -2.42. The Bertz CT molecular complexity index is 995. The Morgan fingerprint density at radius 1 is 1.15 bits per heavy atom. The van der Waals surface area contributed by atoms with Gasteiger partial charge < -0.3 is 10.6 Å². The number of rotatable bonds is 1. The van der Waals surface area contributed by atoms with Gasteiger partial charge in [-0.1, -0.05) is 26.0 Å². The molecule has 4 nitrogen and oxygen atoms in total. The number of benzene rings is 2. The first-order valence-electron chi connectivity index (χ1n) is 9.21. The van der Waals surface area contributed by atoms with Crippen molar-refractivity contribution in [2.24, 2.45) is 16.6 Å². The molecule has 0 unspecified atom stereocenters. The number of carbonyl (C=O) groups excluding carboxylic acids is 2. The third kappa shape index (κ3) is 3.01. The number of halogens is 1. The SMILES string of the molecule is CC1(C)C[C@@]2(C=C(N)C1=O)CCN(C(=O)c1ccc3cc(F)ccc3c1)C2. The maximum atomic E-state index is 13.4. The summed E-state index contributed by atoms with van der Waals surface area (Å²) in [4.78, 5) is 27.1. The summed E-state index contributed by atoms with van der Waals surface area (Å²) >= 11 is 0. The van der Waals surface area contributed by atoms with E-state index < -0.39 is 5.41 Å². The van der Waals surface area contributed by atoms with Gasteiger partial charge in [-0.2, -0.15) is 0 Å². The van der Waals surface area contributed by atoms with Gasteiger partial charge in [-0.25, -0.2) is 4.39 Å². The van der Waals surface area contributed by atoms with Crippen molar-refractivity contribution in [2.45, 2.75) is 26.7 Å². The van der Waals surface area contributed by atoms with Crippen LogP contribution in [0.5, 0.6) is 0 Å². The first-order chi connectivity index (χ1) is 12.7. The first-order valence-corrected chi connectivity index (χ1v) is 9.21. The van der Waals surface area contributed by atoms with Crippen molar-refractivity contribution >= 4 is 22.5 Å². The highest BCUT2D eigenvalue weighted by Gasteiger charge is 2.48. The molecule has 2 N–H and O–H groups in total. The molecule has 27 heavy (non-hydrogen) atoms. The van der Waals surface area contributed by atoms with Crippen LogP contribution in [-0.2, 0) is 4.79 Å². The smallest absolute Gasteiger partial charge is 0.253 e. The molecule has 2 aliphatic rings. The largest absolute Gasteiger partial charge is 0.396 e. The molecule has 1 spiro atoms. The number of Topliss-reactive ketones (excluding diaryl/α,β-unsaturated/α-hetero) is 1. The third-order valence-electron chi connectivity index (χ3n) is 5.85. The van der Waals surface area contributed by atoms with Crippen molar-refractivity contribution in [3.63, 3.8) is 0 Å². The first kappa shape index (κ1) is 17.7. The molecule has 4 rings (SSSR count). The molecule has 1 saturated heterocycles. The molecule has 0 saturated carbocycles. The van der Waals surface area contributed by atoms with Crippen LogP contribution in [0.3, 0.4) is 0 Å². The van der Waals surface area contributed by atoms with Crippen molar-refractivity contribution in [1.29, 1.82) is 0 Å². The van der Waals surface area contributed by atoms with Gasteiger partial charge in [-0.05, 0) is 54.0 Å². The molecule has 0 radical (unpaired) electrons. The number of fused-ring (bicyclic) bond motifs is 1. The van der Waals surface area contributed by atoms with Crippen molar-refractivity contribution in [3.8, 4) is 0 Å². The number of amides is 1. The van der Waals surface area contributed by atoms with Crippen LogP contribution in [0, 0.1) is 16.6 Å². The van der Waals surface area contributed by atoms with Crippen molar-refractivity contribution in [2.75, 3.05) is 13.1 Å².